The highest BCUT2D eigenvalue weighted by atomic mass is 16.3. The largest absolute Gasteiger partial charge is 0.394 e. The average Bonchev–Trinajstić information content (AvgIpc) is 2.86. The van der Waals surface area contributed by atoms with Gasteiger partial charge in [0.1, 0.15) is 6.04 Å². The van der Waals surface area contributed by atoms with Gasteiger partial charge in [-0.05, 0) is 18.4 Å². The Balaban J connectivity index is 2.10. The number of rotatable bonds is 3. The van der Waals surface area contributed by atoms with Crippen LogP contribution in [0.25, 0.3) is 0 Å². The third-order valence-electron chi connectivity index (χ3n) is 3.30. The first-order valence-electron chi connectivity index (χ1n) is 5.96. The molecule has 1 aromatic rings. The van der Waals surface area contributed by atoms with Crippen LogP contribution >= 0.6 is 0 Å². The van der Waals surface area contributed by atoms with Gasteiger partial charge in [0.15, 0.2) is 0 Å². The van der Waals surface area contributed by atoms with Crippen LogP contribution in [0.3, 0.4) is 0 Å². The highest BCUT2D eigenvalue weighted by molar-refractivity contribution is 5.83. The molecule has 4 nitrogen and oxygen atoms in total. The molecule has 0 saturated carbocycles. The molecule has 4 heteroatoms. The molecule has 1 saturated heterocycles. The van der Waals surface area contributed by atoms with Crippen molar-refractivity contribution in [3.63, 3.8) is 0 Å². The second-order valence-corrected chi connectivity index (χ2v) is 4.40. The molecule has 0 spiro atoms. The Morgan fingerprint density at radius 3 is 2.82 bits per heavy atom. The number of likely N-dealkylation sites (tertiary alicyclic amines) is 1. The first kappa shape index (κ1) is 12.1. The predicted molar refractivity (Wildman–Crippen MR) is 65.2 cm³/mol. The van der Waals surface area contributed by atoms with E-state index >= 15 is 0 Å². The summed E-state index contributed by atoms with van der Waals surface area (Å²) >= 11 is 0. The van der Waals surface area contributed by atoms with Crippen LogP contribution in [-0.4, -0.2) is 35.1 Å². The first-order chi connectivity index (χ1) is 8.24. The summed E-state index contributed by atoms with van der Waals surface area (Å²) < 4.78 is 0. The Hall–Kier alpha value is -1.39. The number of nitrogens with two attached hydrogens (primary N) is 1. The van der Waals surface area contributed by atoms with Crippen molar-refractivity contribution in [2.45, 2.75) is 24.9 Å². The fraction of sp³-hybridized carbons (Fsp3) is 0.462. The Morgan fingerprint density at radius 2 is 2.18 bits per heavy atom. The fourth-order valence-electron chi connectivity index (χ4n) is 2.30. The molecule has 1 fully saturated rings. The predicted octanol–water partition coefficient (Wildman–Crippen LogP) is 0.670. The van der Waals surface area contributed by atoms with Gasteiger partial charge < -0.3 is 15.7 Å². The number of carbonyl (C=O) groups is 1. The summed E-state index contributed by atoms with van der Waals surface area (Å²) in [4.78, 5) is 13.9. The maximum Gasteiger partial charge on any atom is 0.244 e. The van der Waals surface area contributed by atoms with E-state index in [2.05, 4.69) is 0 Å². The van der Waals surface area contributed by atoms with Crippen LogP contribution < -0.4 is 5.73 Å². The molecule has 3 N–H and O–H groups in total. The minimum atomic E-state index is -0.622. The lowest BCUT2D eigenvalue weighted by molar-refractivity contribution is -0.134. The molecule has 2 rings (SSSR count). The van der Waals surface area contributed by atoms with Crippen LogP contribution in [-0.2, 0) is 4.79 Å². The summed E-state index contributed by atoms with van der Waals surface area (Å²) in [5, 5.41) is 9.20. The van der Waals surface area contributed by atoms with E-state index in [-0.39, 0.29) is 18.6 Å². The normalized spacial score (nSPS) is 21.5. The summed E-state index contributed by atoms with van der Waals surface area (Å²) in [5.41, 5.74) is 6.78. The third-order valence-corrected chi connectivity index (χ3v) is 3.30. The van der Waals surface area contributed by atoms with Crippen LogP contribution in [0.2, 0.25) is 0 Å². The molecule has 0 radical (unpaired) electrons. The lowest BCUT2D eigenvalue weighted by atomic mass is 10.1. The lowest BCUT2D eigenvalue weighted by Gasteiger charge is -2.26. The Labute approximate surface area is 101 Å². The number of amides is 1. The zero-order valence-corrected chi connectivity index (χ0v) is 9.75. The number of nitrogens with zero attached hydrogens (tertiary/aromatic N) is 1. The van der Waals surface area contributed by atoms with Gasteiger partial charge in [0.05, 0.1) is 12.6 Å². The number of benzene rings is 1. The van der Waals surface area contributed by atoms with Gasteiger partial charge >= 0.3 is 0 Å². The highest BCUT2D eigenvalue weighted by Crippen LogP contribution is 2.21. The van der Waals surface area contributed by atoms with Crippen molar-refractivity contribution in [3.05, 3.63) is 35.9 Å². The van der Waals surface area contributed by atoms with Crippen molar-refractivity contribution in [1.29, 1.82) is 0 Å². The second-order valence-electron chi connectivity index (χ2n) is 4.40. The highest BCUT2D eigenvalue weighted by Gasteiger charge is 2.31. The van der Waals surface area contributed by atoms with Gasteiger partial charge in [-0.3, -0.25) is 4.79 Å². The van der Waals surface area contributed by atoms with Gasteiger partial charge in [-0.2, -0.15) is 0 Å². The van der Waals surface area contributed by atoms with Crippen LogP contribution in [0, 0.1) is 0 Å². The van der Waals surface area contributed by atoms with Crippen molar-refractivity contribution < 1.29 is 9.90 Å². The topological polar surface area (TPSA) is 66.6 Å². The first-order valence-corrected chi connectivity index (χ1v) is 5.96. The molecule has 1 aromatic carbocycles. The zero-order chi connectivity index (χ0) is 12.3. The Bertz CT molecular complexity index is 380. The summed E-state index contributed by atoms with van der Waals surface area (Å²) in [6.45, 7) is 0.720. The minimum absolute atomic E-state index is 0.0211. The molecular formula is C13H18N2O2. The summed E-state index contributed by atoms with van der Waals surface area (Å²) in [7, 11) is 0. The van der Waals surface area contributed by atoms with E-state index in [0.29, 0.717) is 6.54 Å². The molecule has 0 aromatic heterocycles. The monoisotopic (exact) mass is 234 g/mol. The van der Waals surface area contributed by atoms with Crippen LogP contribution in [0.5, 0.6) is 0 Å². The standard InChI is InChI=1S/C13H18N2O2/c14-12(10-5-2-1-3-6-10)13(17)15-8-4-7-11(15)9-16/h1-3,5-6,11-12,16H,4,7-9,14H2/t11-,12-/m1/s1. The third kappa shape index (κ3) is 2.48. The Kier molecular flexibility index (Phi) is 3.76. The molecule has 17 heavy (non-hydrogen) atoms. The molecule has 2 atom stereocenters. The molecule has 92 valence electrons. The molecular weight excluding hydrogens is 216 g/mol. The molecule has 0 bridgehead atoms. The van der Waals surface area contributed by atoms with Gasteiger partial charge in [0.25, 0.3) is 0 Å². The number of hydrogen-bond donors (Lipinski definition) is 2. The molecule has 1 aliphatic rings. The minimum Gasteiger partial charge on any atom is -0.394 e. The van der Waals surface area contributed by atoms with Crippen molar-refractivity contribution in [2.24, 2.45) is 5.73 Å². The van der Waals surface area contributed by atoms with Gasteiger partial charge in [-0.25, -0.2) is 0 Å². The molecule has 0 unspecified atom stereocenters. The van der Waals surface area contributed by atoms with E-state index in [0.717, 1.165) is 18.4 Å². The molecule has 0 aliphatic carbocycles. The van der Waals surface area contributed by atoms with Crippen LogP contribution in [0.15, 0.2) is 30.3 Å². The maximum atomic E-state index is 12.2. The van der Waals surface area contributed by atoms with E-state index in [1.54, 1.807) is 4.90 Å². The number of aliphatic hydroxyl groups is 1. The van der Waals surface area contributed by atoms with E-state index < -0.39 is 6.04 Å². The van der Waals surface area contributed by atoms with Crippen LogP contribution in [0.4, 0.5) is 0 Å². The molecule has 1 aliphatic heterocycles. The van der Waals surface area contributed by atoms with Crippen molar-refractivity contribution in [1.82, 2.24) is 4.90 Å². The van der Waals surface area contributed by atoms with E-state index in [1.807, 2.05) is 30.3 Å². The number of carbonyl (C=O) groups excluding carboxylic acids is 1. The van der Waals surface area contributed by atoms with E-state index in [1.165, 1.54) is 0 Å². The summed E-state index contributed by atoms with van der Waals surface area (Å²) in [6.07, 6.45) is 1.81. The second kappa shape index (κ2) is 5.29. The van der Waals surface area contributed by atoms with Gasteiger partial charge in [-0.1, -0.05) is 30.3 Å². The number of aliphatic hydroxyl groups excluding tert-OH is 1. The van der Waals surface area contributed by atoms with Crippen molar-refractivity contribution in [3.8, 4) is 0 Å². The number of hydrogen-bond acceptors (Lipinski definition) is 3. The van der Waals surface area contributed by atoms with E-state index in [9.17, 15) is 9.90 Å². The van der Waals surface area contributed by atoms with Gasteiger partial charge in [0.2, 0.25) is 5.91 Å². The van der Waals surface area contributed by atoms with Gasteiger partial charge in [-0.15, -0.1) is 0 Å². The quantitative estimate of drug-likeness (QED) is 0.807. The van der Waals surface area contributed by atoms with Crippen molar-refractivity contribution >= 4 is 5.91 Å². The van der Waals surface area contributed by atoms with Crippen LogP contribution in [0.1, 0.15) is 24.4 Å². The lowest BCUT2D eigenvalue weighted by Crippen LogP contribution is -2.42. The summed E-state index contributed by atoms with van der Waals surface area (Å²) in [5.74, 6) is -0.0900. The SMILES string of the molecule is N[C@@H](C(=O)N1CCC[C@@H]1CO)c1ccccc1. The Morgan fingerprint density at radius 1 is 1.47 bits per heavy atom. The molecule has 1 amide bonds. The maximum absolute atomic E-state index is 12.2. The molecule has 1 heterocycles. The smallest absolute Gasteiger partial charge is 0.244 e. The fourth-order valence-corrected chi connectivity index (χ4v) is 2.30. The average molecular weight is 234 g/mol. The van der Waals surface area contributed by atoms with Gasteiger partial charge in [0, 0.05) is 6.54 Å². The van der Waals surface area contributed by atoms with Crippen molar-refractivity contribution in [2.75, 3.05) is 13.2 Å². The van der Waals surface area contributed by atoms with E-state index in [4.69, 9.17) is 5.73 Å². The zero-order valence-electron chi connectivity index (χ0n) is 9.75. The summed E-state index contributed by atoms with van der Waals surface area (Å²) in [6, 6.07) is 8.67.